The lowest BCUT2D eigenvalue weighted by atomic mass is 9.93. The van der Waals surface area contributed by atoms with Gasteiger partial charge in [0.25, 0.3) is 5.91 Å². The van der Waals surface area contributed by atoms with E-state index in [9.17, 15) is 26.4 Å². The molecule has 1 aliphatic carbocycles. The topological polar surface area (TPSA) is 103 Å². The van der Waals surface area contributed by atoms with Gasteiger partial charge in [0.2, 0.25) is 10.0 Å². The number of nitrogens with one attached hydrogen (secondary N) is 1. The van der Waals surface area contributed by atoms with Crippen LogP contribution in [0.15, 0.2) is 47.5 Å². The SMILES string of the molecule is CN(c1ccc(C(=O)N=C2CCC(Nc3ccc(C#N)c(C(F)(F)F)c3)CC2)cc1)S(C)(=O)=O. The molecule has 1 amide bonds. The van der Waals surface area contributed by atoms with Crippen LogP contribution in [0.1, 0.15) is 47.2 Å². The van der Waals surface area contributed by atoms with Crippen molar-refractivity contribution in [1.82, 2.24) is 0 Å². The van der Waals surface area contributed by atoms with Gasteiger partial charge in [-0.05, 0) is 68.1 Å². The number of nitriles is 1. The number of sulfonamides is 1. The number of carbonyl (C=O) groups excluding carboxylic acids is 1. The maximum atomic E-state index is 13.2. The number of carbonyl (C=O) groups is 1. The molecule has 1 N–H and O–H groups in total. The molecule has 0 saturated heterocycles. The summed E-state index contributed by atoms with van der Waals surface area (Å²) >= 11 is 0. The van der Waals surface area contributed by atoms with Crippen LogP contribution in [0.25, 0.3) is 0 Å². The van der Waals surface area contributed by atoms with Crippen molar-refractivity contribution in [1.29, 1.82) is 5.26 Å². The fraction of sp³-hybridized carbons (Fsp3) is 0.348. The summed E-state index contributed by atoms with van der Waals surface area (Å²) in [7, 11) is -1.99. The van der Waals surface area contributed by atoms with Crippen molar-refractivity contribution in [3.8, 4) is 6.07 Å². The van der Waals surface area contributed by atoms with Crippen LogP contribution in [0.5, 0.6) is 0 Å². The molecular weight excluding hydrogens is 469 g/mol. The molecule has 0 spiro atoms. The van der Waals surface area contributed by atoms with Crippen molar-refractivity contribution in [3.05, 3.63) is 59.2 Å². The first-order chi connectivity index (χ1) is 15.9. The predicted octanol–water partition coefficient (Wildman–Crippen LogP) is 4.61. The van der Waals surface area contributed by atoms with Gasteiger partial charge in [0.05, 0.1) is 29.1 Å². The van der Waals surface area contributed by atoms with E-state index in [0.717, 1.165) is 22.7 Å². The summed E-state index contributed by atoms with van der Waals surface area (Å²) < 4.78 is 63.8. The van der Waals surface area contributed by atoms with Gasteiger partial charge in [0.1, 0.15) is 0 Å². The van der Waals surface area contributed by atoms with E-state index in [1.54, 1.807) is 6.07 Å². The fourth-order valence-corrected chi connectivity index (χ4v) is 4.13. The molecule has 0 radical (unpaired) electrons. The number of alkyl halides is 3. The van der Waals surface area contributed by atoms with Crippen molar-refractivity contribution in [3.63, 3.8) is 0 Å². The van der Waals surface area contributed by atoms with Gasteiger partial charge in [-0.3, -0.25) is 9.10 Å². The number of benzene rings is 2. The molecule has 0 unspecified atom stereocenters. The second-order valence-corrected chi connectivity index (χ2v) is 10.1. The molecule has 34 heavy (non-hydrogen) atoms. The van der Waals surface area contributed by atoms with E-state index < -0.39 is 33.2 Å². The molecule has 7 nitrogen and oxygen atoms in total. The van der Waals surface area contributed by atoms with Crippen molar-refractivity contribution in [2.24, 2.45) is 4.99 Å². The van der Waals surface area contributed by atoms with E-state index in [0.29, 0.717) is 42.6 Å². The first kappa shape index (κ1) is 25.2. The summed E-state index contributed by atoms with van der Waals surface area (Å²) in [5.41, 5.74) is 0.344. The zero-order chi connectivity index (χ0) is 25.1. The van der Waals surface area contributed by atoms with Crippen molar-refractivity contribution >= 4 is 33.0 Å². The number of anilines is 2. The average molecular weight is 493 g/mol. The van der Waals surface area contributed by atoms with E-state index in [1.807, 2.05) is 0 Å². The molecule has 0 aromatic heterocycles. The number of hydrogen-bond acceptors (Lipinski definition) is 5. The van der Waals surface area contributed by atoms with Gasteiger partial charge in [-0.2, -0.15) is 18.4 Å². The fourth-order valence-electron chi connectivity index (χ4n) is 3.62. The zero-order valence-electron chi connectivity index (χ0n) is 18.6. The number of aliphatic imine (C=N–C) groups is 1. The minimum Gasteiger partial charge on any atom is -0.382 e. The lowest BCUT2D eigenvalue weighted by molar-refractivity contribution is -0.137. The zero-order valence-corrected chi connectivity index (χ0v) is 19.4. The van der Waals surface area contributed by atoms with Crippen LogP contribution in [0, 0.1) is 11.3 Å². The van der Waals surface area contributed by atoms with E-state index in [1.165, 1.54) is 37.4 Å². The molecule has 11 heteroatoms. The van der Waals surface area contributed by atoms with E-state index in [2.05, 4.69) is 10.3 Å². The molecular formula is C23H23F3N4O3S. The molecule has 0 heterocycles. The van der Waals surface area contributed by atoms with Crippen molar-refractivity contribution in [2.75, 3.05) is 22.9 Å². The monoisotopic (exact) mass is 492 g/mol. The molecule has 3 rings (SSSR count). The Morgan fingerprint density at radius 3 is 2.29 bits per heavy atom. The first-order valence-electron chi connectivity index (χ1n) is 10.4. The summed E-state index contributed by atoms with van der Waals surface area (Å²) in [6, 6.07) is 11.1. The highest BCUT2D eigenvalue weighted by Gasteiger charge is 2.34. The third-order valence-corrected chi connectivity index (χ3v) is 6.82. The average Bonchev–Trinajstić information content (AvgIpc) is 2.78. The largest absolute Gasteiger partial charge is 0.417 e. The van der Waals surface area contributed by atoms with Gasteiger partial charge in [-0.25, -0.2) is 13.4 Å². The maximum absolute atomic E-state index is 13.2. The second-order valence-electron chi connectivity index (χ2n) is 8.05. The normalized spacial score (nSPS) is 16.5. The van der Waals surface area contributed by atoms with Crippen LogP contribution in [0.3, 0.4) is 0 Å². The van der Waals surface area contributed by atoms with Crippen LogP contribution in [0.2, 0.25) is 0 Å². The van der Waals surface area contributed by atoms with E-state index in [-0.39, 0.29) is 11.7 Å². The Morgan fingerprint density at radius 2 is 1.76 bits per heavy atom. The molecule has 1 aliphatic rings. The molecule has 0 aliphatic heterocycles. The third kappa shape index (κ3) is 6.14. The maximum Gasteiger partial charge on any atom is 0.417 e. The van der Waals surface area contributed by atoms with Gasteiger partial charge in [0.15, 0.2) is 0 Å². The predicted molar refractivity (Wildman–Crippen MR) is 123 cm³/mol. The minimum atomic E-state index is -4.62. The van der Waals surface area contributed by atoms with Gasteiger partial charge < -0.3 is 5.32 Å². The number of amides is 1. The van der Waals surface area contributed by atoms with Crippen LogP contribution in [-0.2, 0) is 16.2 Å². The highest BCUT2D eigenvalue weighted by atomic mass is 32.2. The summed E-state index contributed by atoms with van der Waals surface area (Å²) in [6.07, 6.45) is -1.33. The molecule has 2 aromatic carbocycles. The Morgan fingerprint density at radius 1 is 1.15 bits per heavy atom. The Bertz CT molecular complexity index is 1240. The quantitative estimate of drug-likeness (QED) is 0.657. The summed E-state index contributed by atoms with van der Waals surface area (Å²) in [6.45, 7) is 0. The Balaban J connectivity index is 1.61. The Kier molecular flexibility index (Phi) is 7.31. The smallest absolute Gasteiger partial charge is 0.382 e. The molecule has 1 fully saturated rings. The van der Waals surface area contributed by atoms with Crippen molar-refractivity contribution < 1.29 is 26.4 Å². The van der Waals surface area contributed by atoms with Crippen LogP contribution >= 0.6 is 0 Å². The standard InChI is InChI=1S/C23H23F3N4O3S/c1-30(34(2,32)33)20-11-4-15(5-12-20)22(31)29-18-9-7-17(8-10-18)28-19-6-3-16(14-27)21(13-19)23(24,25)26/h3-6,11-13,17,28H,7-10H2,1-2H3. The van der Waals surface area contributed by atoms with Gasteiger partial charge >= 0.3 is 6.18 Å². The van der Waals surface area contributed by atoms with Crippen molar-refractivity contribution in [2.45, 2.75) is 37.9 Å². The lowest BCUT2D eigenvalue weighted by Crippen LogP contribution is -2.27. The number of nitrogens with zero attached hydrogens (tertiary/aromatic N) is 3. The minimum absolute atomic E-state index is 0.0890. The summed E-state index contributed by atoms with van der Waals surface area (Å²) in [5, 5.41) is 12.0. The number of hydrogen-bond donors (Lipinski definition) is 1. The van der Waals surface area contributed by atoms with Gasteiger partial charge in [-0.1, -0.05) is 0 Å². The highest BCUT2D eigenvalue weighted by Crippen LogP contribution is 2.34. The lowest BCUT2D eigenvalue weighted by Gasteiger charge is -2.25. The number of halogens is 3. The number of rotatable bonds is 5. The van der Waals surface area contributed by atoms with Crippen LogP contribution in [0.4, 0.5) is 24.5 Å². The molecule has 0 atom stereocenters. The molecule has 0 bridgehead atoms. The summed E-state index contributed by atoms with van der Waals surface area (Å²) in [5.74, 6) is -0.433. The Labute approximate surface area is 196 Å². The first-order valence-corrected chi connectivity index (χ1v) is 12.3. The molecule has 2 aromatic rings. The third-order valence-electron chi connectivity index (χ3n) is 5.61. The van der Waals surface area contributed by atoms with Gasteiger partial charge in [-0.15, -0.1) is 0 Å². The van der Waals surface area contributed by atoms with Crippen LogP contribution < -0.4 is 9.62 Å². The van der Waals surface area contributed by atoms with E-state index in [4.69, 9.17) is 5.26 Å². The van der Waals surface area contributed by atoms with Crippen LogP contribution in [-0.4, -0.2) is 39.4 Å². The molecule has 1 saturated carbocycles. The second kappa shape index (κ2) is 9.85. The van der Waals surface area contributed by atoms with Gasteiger partial charge in [0, 0.05) is 30.1 Å². The van der Waals surface area contributed by atoms with E-state index >= 15 is 0 Å². The molecule has 180 valence electrons. The highest BCUT2D eigenvalue weighted by molar-refractivity contribution is 7.92. The summed E-state index contributed by atoms with van der Waals surface area (Å²) in [4.78, 5) is 16.7. The Hall–Kier alpha value is -3.39.